The second-order valence-corrected chi connectivity index (χ2v) is 35.3. The predicted molar refractivity (Wildman–Crippen MR) is 442 cm³/mol. The number of rotatable bonds is 87. The molecule has 6 atom stereocenters. The summed E-state index contributed by atoms with van der Waals surface area (Å²) in [5.74, 6) is -0.506. The van der Waals surface area contributed by atoms with E-state index in [1.807, 2.05) is 0 Å². The zero-order chi connectivity index (χ0) is 78.5. The second-order valence-electron chi connectivity index (χ2n) is 32.4. The molecule has 17 nitrogen and oxygen atoms in total. The summed E-state index contributed by atoms with van der Waals surface area (Å²) in [7, 11) is -9.93. The molecule has 0 fully saturated rings. The topological polar surface area (TPSA) is 237 Å². The number of hydrogen-bond acceptors (Lipinski definition) is 15. The number of ether oxygens (including phenoxy) is 4. The van der Waals surface area contributed by atoms with Gasteiger partial charge in [0.2, 0.25) is 0 Å². The van der Waals surface area contributed by atoms with Crippen molar-refractivity contribution in [2.24, 2.45) is 11.8 Å². The molecule has 0 aromatic carbocycles. The Morgan fingerprint density at radius 3 is 0.710 bits per heavy atom. The van der Waals surface area contributed by atoms with Crippen LogP contribution in [0, 0.1) is 11.8 Å². The number of aliphatic hydroxyl groups excluding tert-OH is 1. The van der Waals surface area contributed by atoms with Gasteiger partial charge in [0.05, 0.1) is 26.4 Å². The van der Waals surface area contributed by atoms with Crippen molar-refractivity contribution in [3.63, 3.8) is 0 Å². The van der Waals surface area contributed by atoms with Crippen LogP contribution in [0.15, 0.2) is 0 Å². The molecule has 0 saturated heterocycles. The Hall–Kier alpha value is -1.94. The van der Waals surface area contributed by atoms with Crippen molar-refractivity contribution in [1.29, 1.82) is 0 Å². The third-order valence-corrected chi connectivity index (χ3v) is 23.0. The Morgan fingerprint density at radius 2 is 0.477 bits per heavy atom. The number of esters is 4. The lowest BCUT2D eigenvalue weighted by atomic mass is 9.99. The van der Waals surface area contributed by atoms with E-state index in [-0.39, 0.29) is 25.7 Å². The summed E-state index contributed by atoms with van der Waals surface area (Å²) in [6.45, 7) is 9.72. The molecule has 0 aromatic rings. The Balaban J connectivity index is 5.24. The van der Waals surface area contributed by atoms with Gasteiger partial charge in [-0.1, -0.05) is 420 Å². The van der Waals surface area contributed by atoms with Crippen molar-refractivity contribution in [2.45, 2.75) is 490 Å². The van der Waals surface area contributed by atoms with Gasteiger partial charge in [0.25, 0.3) is 0 Å². The van der Waals surface area contributed by atoms with Crippen LogP contribution < -0.4 is 0 Å². The van der Waals surface area contributed by atoms with E-state index in [1.54, 1.807) is 0 Å². The van der Waals surface area contributed by atoms with E-state index in [2.05, 4.69) is 41.5 Å². The summed E-state index contributed by atoms with van der Waals surface area (Å²) in [6.07, 6.45) is 72.2. The fourth-order valence-electron chi connectivity index (χ4n) is 13.7. The smallest absolute Gasteiger partial charge is 0.462 e. The van der Waals surface area contributed by atoms with E-state index in [9.17, 15) is 43.2 Å². The molecule has 3 N–H and O–H groups in total. The summed E-state index contributed by atoms with van der Waals surface area (Å²) in [4.78, 5) is 73.3. The molecule has 0 aliphatic heterocycles. The van der Waals surface area contributed by atoms with Crippen LogP contribution in [-0.2, 0) is 65.4 Å². The number of phosphoric ester groups is 2. The molecule has 0 saturated carbocycles. The zero-order valence-corrected chi connectivity index (χ0v) is 72.2. The number of aliphatic hydroxyl groups is 1. The van der Waals surface area contributed by atoms with Gasteiger partial charge in [-0.25, -0.2) is 9.13 Å². The molecule has 0 heterocycles. The highest BCUT2D eigenvalue weighted by Crippen LogP contribution is 2.45. The fraction of sp³-hybridized carbons (Fsp3) is 0.955. The fourth-order valence-corrected chi connectivity index (χ4v) is 15.3. The van der Waals surface area contributed by atoms with Crippen LogP contribution in [0.25, 0.3) is 0 Å². The highest BCUT2D eigenvalue weighted by molar-refractivity contribution is 7.47. The summed E-state index contributed by atoms with van der Waals surface area (Å²) in [5.41, 5.74) is 0. The van der Waals surface area contributed by atoms with Gasteiger partial charge in [-0.2, -0.15) is 0 Å². The number of carbonyl (C=O) groups is 4. The highest BCUT2D eigenvalue weighted by atomic mass is 31.2. The first-order valence-electron chi connectivity index (χ1n) is 45.5. The lowest BCUT2D eigenvalue weighted by molar-refractivity contribution is -0.161. The van der Waals surface area contributed by atoms with E-state index in [4.69, 9.17) is 37.0 Å². The van der Waals surface area contributed by atoms with Gasteiger partial charge in [-0.3, -0.25) is 37.3 Å². The van der Waals surface area contributed by atoms with Crippen molar-refractivity contribution in [1.82, 2.24) is 0 Å². The number of phosphoric acid groups is 2. The third-order valence-electron chi connectivity index (χ3n) is 21.1. The van der Waals surface area contributed by atoms with Crippen molar-refractivity contribution in [3.8, 4) is 0 Å². The molecule has 0 rings (SSSR count). The SMILES string of the molecule is CCCCCCCCCCCCCCCCCCCCCCCCC(=O)O[C@H](COC(=O)CCCCCCCCCCCCCCCCC(C)CC)COP(=O)(O)OC[C@@H](O)COP(=O)(O)OC[C@@H](COC(=O)CCCCCCCCCCCC(C)C)OC(=O)CCCCCCCCCCCCCCCCC. The van der Waals surface area contributed by atoms with Crippen LogP contribution in [0.1, 0.15) is 472 Å². The summed E-state index contributed by atoms with van der Waals surface area (Å²) >= 11 is 0. The van der Waals surface area contributed by atoms with E-state index < -0.39 is 97.5 Å². The average molecular weight is 1560 g/mol. The standard InChI is InChI=1S/C88H172O17P2/c1-7-10-12-14-16-18-20-22-24-25-26-27-28-29-30-32-38-42-48-55-61-67-73-88(93)104-83(76-98-85(90)70-64-58-52-46-40-36-34-33-35-39-45-51-57-63-69-81(6)9-3)78-102-106(94,95)100-74-82(89)75-101-107(96,97)103-79-84(77-99-86(91)71-65-59-53-49-43-44-50-56-62-68-80(4)5)105-87(92)72-66-60-54-47-41-37-31-23-21-19-17-15-13-11-8-2/h80-84,89H,7-79H2,1-6H3,(H,94,95)(H,96,97)/t81?,82-,83-,84-/m1/s1. The molecule has 0 aliphatic rings. The molecule has 0 aromatic heterocycles. The van der Waals surface area contributed by atoms with Gasteiger partial charge in [0, 0.05) is 25.7 Å². The molecule has 636 valence electrons. The first kappa shape index (κ1) is 105. The second kappa shape index (κ2) is 79.3. The summed E-state index contributed by atoms with van der Waals surface area (Å²) in [5, 5.41) is 10.7. The van der Waals surface area contributed by atoms with Gasteiger partial charge in [0.15, 0.2) is 12.2 Å². The van der Waals surface area contributed by atoms with E-state index in [1.165, 1.54) is 289 Å². The molecule has 3 unspecified atom stereocenters. The molecule has 0 aliphatic carbocycles. The van der Waals surface area contributed by atoms with E-state index >= 15 is 0 Å². The monoisotopic (exact) mass is 1560 g/mol. The first-order chi connectivity index (χ1) is 51.9. The van der Waals surface area contributed by atoms with Gasteiger partial charge in [0.1, 0.15) is 19.3 Å². The maximum Gasteiger partial charge on any atom is 0.472 e. The van der Waals surface area contributed by atoms with Gasteiger partial charge >= 0.3 is 39.5 Å². The van der Waals surface area contributed by atoms with Gasteiger partial charge < -0.3 is 33.8 Å². The predicted octanol–water partition coefficient (Wildman–Crippen LogP) is 27.0. The molecule has 0 bridgehead atoms. The maximum atomic E-state index is 13.2. The third kappa shape index (κ3) is 80.5. The Labute approximate surface area is 658 Å². The Bertz CT molecular complexity index is 2050. The minimum absolute atomic E-state index is 0.108. The van der Waals surface area contributed by atoms with Crippen LogP contribution in [0.5, 0.6) is 0 Å². The average Bonchev–Trinajstić information content (AvgIpc) is 0.896. The molecule has 107 heavy (non-hydrogen) atoms. The van der Waals surface area contributed by atoms with Crippen LogP contribution in [0.4, 0.5) is 0 Å². The molecule has 0 spiro atoms. The molecule has 19 heteroatoms. The summed E-state index contributed by atoms with van der Waals surface area (Å²) in [6, 6.07) is 0. The Kier molecular flexibility index (Phi) is 77.9. The number of hydrogen-bond donors (Lipinski definition) is 3. The van der Waals surface area contributed by atoms with Crippen LogP contribution in [-0.4, -0.2) is 96.7 Å². The zero-order valence-electron chi connectivity index (χ0n) is 70.5. The highest BCUT2D eigenvalue weighted by Gasteiger charge is 2.31. The first-order valence-corrected chi connectivity index (χ1v) is 48.5. The van der Waals surface area contributed by atoms with Crippen molar-refractivity contribution in [2.75, 3.05) is 39.6 Å². The number of unbranched alkanes of at least 4 members (excludes halogenated alkanes) is 56. The normalized spacial score (nSPS) is 14.0. The Morgan fingerprint density at radius 1 is 0.271 bits per heavy atom. The number of carbonyl (C=O) groups excluding carboxylic acids is 4. The molecular weight excluding hydrogens is 1390 g/mol. The minimum Gasteiger partial charge on any atom is -0.462 e. The largest absolute Gasteiger partial charge is 0.472 e. The lowest BCUT2D eigenvalue weighted by Crippen LogP contribution is -2.30. The molecule has 0 radical (unpaired) electrons. The molecule has 0 amide bonds. The van der Waals surface area contributed by atoms with E-state index in [0.717, 1.165) is 102 Å². The lowest BCUT2D eigenvalue weighted by Gasteiger charge is -2.21. The van der Waals surface area contributed by atoms with Crippen molar-refractivity contribution < 1.29 is 80.2 Å². The van der Waals surface area contributed by atoms with Crippen molar-refractivity contribution in [3.05, 3.63) is 0 Å². The van der Waals surface area contributed by atoms with Crippen molar-refractivity contribution >= 4 is 39.5 Å². The van der Waals surface area contributed by atoms with Gasteiger partial charge in [-0.05, 0) is 37.5 Å². The van der Waals surface area contributed by atoms with Crippen LogP contribution in [0.3, 0.4) is 0 Å². The van der Waals surface area contributed by atoms with Gasteiger partial charge in [-0.15, -0.1) is 0 Å². The van der Waals surface area contributed by atoms with E-state index in [0.29, 0.717) is 25.7 Å². The summed E-state index contributed by atoms with van der Waals surface area (Å²) < 4.78 is 69.0. The van der Waals surface area contributed by atoms with Crippen LogP contribution in [0.2, 0.25) is 0 Å². The maximum absolute atomic E-state index is 13.2. The quantitative estimate of drug-likeness (QED) is 0.0222. The molecular formula is C88H172O17P2. The van der Waals surface area contributed by atoms with Crippen LogP contribution >= 0.6 is 15.6 Å². The minimum atomic E-state index is -4.97.